The Labute approximate surface area is 131 Å². The van der Waals surface area contributed by atoms with Gasteiger partial charge in [-0.1, -0.05) is 19.8 Å². The van der Waals surface area contributed by atoms with Crippen molar-refractivity contribution in [3.63, 3.8) is 0 Å². The van der Waals surface area contributed by atoms with Crippen LogP contribution in [-0.4, -0.2) is 31.6 Å². The Balaban J connectivity index is 1.79. The molecule has 2 unspecified atom stereocenters. The van der Waals surface area contributed by atoms with Crippen LogP contribution in [0, 0.1) is 5.92 Å². The van der Waals surface area contributed by atoms with Crippen molar-refractivity contribution in [3.05, 3.63) is 29.8 Å². The standard InChI is InChI=1S/C17H24N2O3/c1-12-5-3-4-6-15(12)19-16(20)11-18-14-9-7-13(8-10-14)17(21)22-2/h7-10,12,15,18H,3-6,11H2,1-2H3,(H,19,20). The van der Waals surface area contributed by atoms with Crippen LogP contribution in [0.5, 0.6) is 0 Å². The van der Waals surface area contributed by atoms with Gasteiger partial charge in [0, 0.05) is 11.7 Å². The van der Waals surface area contributed by atoms with Gasteiger partial charge in [-0.05, 0) is 43.0 Å². The highest BCUT2D eigenvalue weighted by molar-refractivity contribution is 5.89. The molecule has 0 bridgehead atoms. The van der Waals surface area contributed by atoms with Gasteiger partial charge in [-0.25, -0.2) is 4.79 Å². The van der Waals surface area contributed by atoms with E-state index in [1.54, 1.807) is 24.3 Å². The van der Waals surface area contributed by atoms with E-state index in [1.165, 1.54) is 26.4 Å². The highest BCUT2D eigenvalue weighted by Crippen LogP contribution is 2.23. The Morgan fingerprint density at radius 1 is 1.18 bits per heavy atom. The molecule has 1 aliphatic rings. The van der Waals surface area contributed by atoms with Crippen LogP contribution in [0.2, 0.25) is 0 Å². The molecule has 2 N–H and O–H groups in total. The number of anilines is 1. The van der Waals surface area contributed by atoms with E-state index in [0.717, 1.165) is 12.1 Å². The highest BCUT2D eigenvalue weighted by atomic mass is 16.5. The Morgan fingerprint density at radius 2 is 1.86 bits per heavy atom. The van der Waals surface area contributed by atoms with E-state index in [9.17, 15) is 9.59 Å². The number of esters is 1. The molecule has 2 atom stereocenters. The fraction of sp³-hybridized carbons (Fsp3) is 0.529. The molecule has 5 nitrogen and oxygen atoms in total. The van der Waals surface area contributed by atoms with Crippen molar-refractivity contribution in [2.45, 2.75) is 38.6 Å². The van der Waals surface area contributed by atoms with Crippen molar-refractivity contribution in [3.8, 4) is 0 Å². The number of ether oxygens (including phenoxy) is 1. The molecule has 5 heteroatoms. The lowest BCUT2D eigenvalue weighted by molar-refractivity contribution is -0.120. The van der Waals surface area contributed by atoms with Gasteiger partial charge in [0.25, 0.3) is 0 Å². The molecule has 1 saturated carbocycles. The smallest absolute Gasteiger partial charge is 0.337 e. The van der Waals surface area contributed by atoms with E-state index in [1.807, 2.05) is 0 Å². The molecule has 120 valence electrons. The van der Waals surface area contributed by atoms with Crippen LogP contribution in [0.1, 0.15) is 43.0 Å². The van der Waals surface area contributed by atoms with Gasteiger partial charge in [0.2, 0.25) is 5.91 Å². The number of amides is 1. The number of methoxy groups -OCH3 is 1. The average molecular weight is 304 g/mol. The highest BCUT2D eigenvalue weighted by Gasteiger charge is 2.22. The largest absolute Gasteiger partial charge is 0.465 e. The predicted octanol–water partition coefficient (Wildman–Crippen LogP) is 2.58. The summed E-state index contributed by atoms with van der Waals surface area (Å²) < 4.78 is 4.65. The number of benzene rings is 1. The Hall–Kier alpha value is -2.04. The molecule has 1 amide bonds. The second kappa shape index (κ2) is 7.82. The summed E-state index contributed by atoms with van der Waals surface area (Å²) in [7, 11) is 1.35. The van der Waals surface area contributed by atoms with Crippen LogP contribution in [0.15, 0.2) is 24.3 Å². The number of carbonyl (C=O) groups excluding carboxylic acids is 2. The van der Waals surface area contributed by atoms with E-state index in [4.69, 9.17) is 0 Å². The van der Waals surface area contributed by atoms with Crippen molar-refractivity contribution in [1.82, 2.24) is 5.32 Å². The lowest BCUT2D eigenvalue weighted by atomic mass is 9.86. The molecule has 1 aromatic carbocycles. The lowest BCUT2D eigenvalue weighted by Crippen LogP contribution is -2.43. The topological polar surface area (TPSA) is 67.4 Å². The van der Waals surface area contributed by atoms with E-state index < -0.39 is 0 Å². The van der Waals surface area contributed by atoms with E-state index in [2.05, 4.69) is 22.3 Å². The van der Waals surface area contributed by atoms with Gasteiger partial charge in [0.05, 0.1) is 19.2 Å². The molecule has 0 heterocycles. The predicted molar refractivity (Wildman–Crippen MR) is 85.8 cm³/mol. The minimum Gasteiger partial charge on any atom is -0.465 e. The van der Waals surface area contributed by atoms with Crippen LogP contribution in [0.3, 0.4) is 0 Å². The maximum atomic E-state index is 12.0. The molecule has 0 aromatic heterocycles. The minimum atomic E-state index is -0.365. The van der Waals surface area contributed by atoms with Crippen molar-refractivity contribution in [1.29, 1.82) is 0 Å². The monoisotopic (exact) mass is 304 g/mol. The van der Waals surface area contributed by atoms with E-state index in [-0.39, 0.29) is 18.4 Å². The van der Waals surface area contributed by atoms with E-state index in [0.29, 0.717) is 17.5 Å². The van der Waals surface area contributed by atoms with Crippen LogP contribution < -0.4 is 10.6 Å². The summed E-state index contributed by atoms with van der Waals surface area (Å²) in [6, 6.07) is 7.18. The van der Waals surface area contributed by atoms with Crippen LogP contribution >= 0.6 is 0 Å². The zero-order chi connectivity index (χ0) is 15.9. The molecular formula is C17H24N2O3. The van der Waals surface area contributed by atoms with Gasteiger partial charge in [0.15, 0.2) is 0 Å². The first kappa shape index (κ1) is 16.3. The molecule has 0 aliphatic heterocycles. The van der Waals surface area contributed by atoms with Gasteiger partial charge in [-0.15, -0.1) is 0 Å². The van der Waals surface area contributed by atoms with Gasteiger partial charge in [0.1, 0.15) is 0 Å². The lowest BCUT2D eigenvalue weighted by Gasteiger charge is -2.29. The maximum absolute atomic E-state index is 12.0. The third-order valence-electron chi connectivity index (χ3n) is 4.22. The number of nitrogens with one attached hydrogen (secondary N) is 2. The molecule has 0 saturated heterocycles. The number of rotatable bonds is 5. The third-order valence-corrected chi connectivity index (χ3v) is 4.22. The molecule has 1 aromatic rings. The SMILES string of the molecule is COC(=O)c1ccc(NCC(=O)NC2CCCCC2C)cc1. The first-order valence-electron chi connectivity index (χ1n) is 7.81. The van der Waals surface area contributed by atoms with E-state index >= 15 is 0 Å². The zero-order valence-corrected chi connectivity index (χ0v) is 13.2. The molecule has 22 heavy (non-hydrogen) atoms. The van der Waals surface area contributed by atoms with Gasteiger partial charge >= 0.3 is 5.97 Å². The summed E-state index contributed by atoms with van der Waals surface area (Å²) in [6.45, 7) is 2.43. The van der Waals surface area contributed by atoms with Gasteiger partial charge in [-0.2, -0.15) is 0 Å². The maximum Gasteiger partial charge on any atom is 0.337 e. The average Bonchev–Trinajstić information content (AvgIpc) is 2.55. The normalized spacial score (nSPS) is 21.0. The molecule has 0 spiro atoms. The second-order valence-electron chi connectivity index (χ2n) is 5.86. The number of hydrogen-bond acceptors (Lipinski definition) is 4. The first-order valence-corrected chi connectivity index (χ1v) is 7.81. The summed E-state index contributed by atoms with van der Waals surface area (Å²) in [5.41, 5.74) is 1.30. The Morgan fingerprint density at radius 3 is 2.50 bits per heavy atom. The third kappa shape index (κ3) is 4.48. The minimum absolute atomic E-state index is 0.00999. The molecule has 2 rings (SSSR count). The molecule has 0 radical (unpaired) electrons. The first-order chi connectivity index (χ1) is 10.6. The van der Waals surface area contributed by atoms with Crippen LogP contribution in [0.25, 0.3) is 0 Å². The van der Waals surface area contributed by atoms with Crippen LogP contribution in [-0.2, 0) is 9.53 Å². The number of carbonyl (C=O) groups is 2. The quantitative estimate of drug-likeness (QED) is 0.821. The molecule has 1 aliphatic carbocycles. The van der Waals surface area contributed by atoms with Gasteiger partial charge < -0.3 is 15.4 Å². The Bertz CT molecular complexity index is 513. The summed E-state index contributed by atoms with van der Waals surface area (Å²) in [6.07, 6.45) is 4.71. The van der Waals surface area contributed by atoms with Crippen LogP contribution in [0.4, 0.5) is 5.69 Å². The summed E-state index contributed by atoms with van der Waals surface area (Å²) in [5.74, 6) is 0.198. The van der Waals surface area contributed by atoms with Crippen molar-refractivity contribution >= 4 is 17.6 Å². The molecule has 1 fully saturated rings. The molecular weight excluding hydrogens is 280 g/mol. The fourth-order valence-corrected chi connectivity index (χ4v) is 2.81. The number of hydrogen-bond donors (Lipinski definition) is 2. The Kier molecular flexibility index (Phi) is 5.81. The summed E-state index contributed by atoms with van der Waals surface area (Å²) in [5, 5.41) is 6.17. The summed E-state index contributed by atoms with van der Waals surface area (Å²) in [4.78, 5) is 23.3. The van der Waals surface area contributed by atoms with Crippen molar-refractivity contribution in [2.75, 3.05) is 19.0 Å². The summed E-state index contributed by atoms with van der Waals surface area (Å²) >= 11 is 0. The van der Waals surface area contributed by atoms with Gasteiger partial charge in [-0.3, -0.25) is 4.79 Å². The van der Waals surface area contributed by atoms with Crippen molar-refractivity contribution in [2.24, 2.45) is 5.92 Å². The fourth-order valence-electron chi connectivity index (χ4n) is 2.81. The zero-order valence-electron chi connectivity index (χ0n) is 13.2. The van der Waals surface area contributed by atoms with Crippen molar-refractivity contribution < 1.29 is 14.3 Å². The second-order valence-corrected chi connectivity index (χ2v) is 5.86.